The highest BCUT2D eigenvalue weighted by molar-refractivity contribution is 5.88. The Morgan fingerprint density at radius 2 is 2.00 bits per heavy atom. The van der Waals surface area contributed by atoms with Gasteiger partial charge in [0.15, 0.2) is 0 Å². The third-order valence-electron chi connectivity index (χ3n) is 3.00. The molecule has 98 valence electrons. The molecule has 19 heavy (non-hydrogen) atoms. The first kappa shape index (κ1) is 13.0. The summed E-state index contributed by atoms with van der Waals surface area (Å²) < 4.78 is 0. The average molecular weight is 256 g/mol. The lowest BCUT2D eigenvalue weighted by atomic mass is 10.1. The molecule has 1 aromatic heterocycles. The molecule has 2 aromatic rings. The van der Waals surface area contributed by atoms with Gasteiger partial charge in [-0.05, 0) is 18.6 Å². The molecule has 0 bridgehead atoms. The van der Waals surface area contributed by atoms with Crippen LogP contribution in [0, 0.1) is 0 Å². The van der Waals surface area contributed by atoms with Crippen molar-refractivity contribution in [2.45, 2.75) is 13.0 Å². The monoisotopic (exact) mass is 256 g/mol. The van der Waals surface area contributed by atoms with Crippen LogP contribution in [0.5, 0.6) is 0 Å². The van der Waals surface area contributed by atoms with E-state index in [1.165, 1.54) is 6.33 Å². The number of carbonyl (C=O) groups excluding carboxylic acids is 1. The van der Waals surface area contributed by atoms with Gasteiger partial charge >= 0.3 is 6.03 Å². The minimum atomic E-state index is -0.199. The molecular formula is C14H16N4O. The van der Waals surface area contributed by atoms with Gasteiger partial charge in [0.1, 0.15) is 12.1 Å². The average Bonchev–Trinajstić information content (AvgIpc) is 2.47. The predicted molar refractivity (Wildman–Crippen MR) is 73.7 cm³/mol. The Bertz CT molecular complexity index is 530. The Labute approximate surface area is 112 Å². The minimum absolute atomic E-state index is 0.0111. The molecule has 5 heteroatoms. The predicted octanol–water partition coefficient (Wildman–Crippen LogP) is 2.70. The van der Waals surface area contributed by atoms with Crippen LogP contribution in [0.2, 0.25) is 0 Å². The number of amides is 2. The first-order valence-electron chi connectivity index (χ1n) is 6.03. The zero-order chi connectivity index (χ0) is 13.7. The van der Waals surface area contributed by atoms with E-state index in [2.05, 4.69) is 15.3 Å². The van der Waals surface area contributed by atoms with E-state index in [4.69, 9.17) is 0 Å². The number of benzene rings is 1. The lowest BCUT2D eigenvalue weighted by Crippen LogP contribution is -2.33. The van der Waals surface area contributed by atoms with E-state index in [-0.39, 0.29) is 12.1 Å². The summed E-state index contributed by atoms with van der Waals surface area (Å²) in [7, 11) is 1.76. The first-order chi connectivity index (χ1) is 9.18. The summed E-state index contributed by atoms with van der Waals surface area (Å²) in [6.07, 6.45) is 2.99. The first-order valence-corrected chi connectivity index (χ1v) is 6.03. The van der Waals surface area contributed by atoms with Gasteiger partial charge in [-0.25, -0.2) is 14.8 Å². The van der Waals surface area contributed by atoms with Crippen LogP contribution in [-0.4, -0.2) is 27.9 Å². The number of hydrogen-bond acceptors (Lipinski definition) is 3. The van der Waals surface area contributed by atoms with Crippen LogP contribution in [-0.2, 0) is 0 Å². The maximum atomic E-state index is 12.1. The van der Waals surface area contributed by atoms with Crippen molar-refractivity contribution >= 4 is 11.8 Å². The summed E-state index contributed by atoms with van der Waals surface area (Å²) in [4.78, 5) is 21.5. The molecule has 1 heterocycles. The molecule has 0 saturated carbocycles. The van der Waals surface area contributed by atoms with Crippen molar-refractivity contribution in [1.82, 2.24) is 14.9 Å². The fraction of sp³-hybridized carbons (Fsp3) is 0.214. The van der Waals surface area contributed by atoms with E-state index in [1.54, 1.807) is 24.2 Å². The molecule has 1 aromatic carbocycles. The highest BCUT2D eigenvalue weighted by atomic mass is 16.2. The van der Waals surface area contributed by atoms with Crippen molar-refractivity contribution < 1.29 is 4.79 Å². The lowest BCUT2D eigenvalue weighted by molar-refractivity contribution is 0.208. The van der Waals surface area contributed by atoms with Crippen molar-refractivity contribution in [2.75, 3.05) is 12.4 Å². The smallest absolute Gasteiger partial charge is 0.321 e. The molecule has 0 fully saturated rings. The summed E-state index contributed by atoms with van der Waals surface area (Å²) >= 11 is 0. The van der Waals surface area contributed by atoms with Crippen LogP contribution < -0.4 is 5.32 Å². The molecule has 1 N–H and O–H groups in total. The van der Waals surface area contributed by atoms with Gasteiger partial charge < -0.3 is 4.90 Å². The van der Waals surface area contributed by atoms with Crippen LogP contribution in [0.15, 0.2) is 48.9 Å². The second-order valence-electron chi connectivity index (χ2n) is 4.22. The molecule has 0 saturated heterocycles. The van der Waals surface area contributed by atoms with Crippen molar-refractivity contribution in [3.63, 3.8) is 0 Å². The Morgan fingerprint density at radius 3 is 2.63 bits per heavy atom. The molecule has 2 amide bonds. The fourth-order valence-electron chi connectivity index (χ4n) is 1.69. The van der Waals surface area contributed by atoms with E-state index in [1.807, 2.05) is 37.3 Å². The highest BCUT2D eigenvalue weighted by Gasteiger charge is 2.17. The second kappa shape index (κ2) is 5.95. The van der Waals surface area contributed by atoms with Crippen molar-refractivity contribution in [3.05, 3.63) is 54.5 Å². The maximum Gasteiger partial charge on any atom is 0.323 e. The number of hydrogen-bond donors (Lipinski definition) is 1. The van der Waals surface area contributed by atoms with Crippen LogP contribution in [0.25, 0.3) is 0 Å². The topological polar surface area (TPSA) is 58.1 Å². The van der Waals surface area contributed by atoms with Crippen molar-refractivity contribution in [1.29, 1.82) is 0 Å². The molecular weight excluding hydrogens is 240 g/mol. The molecule has 0 spiro atoms. The number of carbonyl (C=O) groups is 1. The SMILES string of the molecule is C[C@@H](c1ccccc1)N(C)C(=O)Nc1ccncn1. The molecule has 1 atom stereocenters. The third kappa shape index (κ3) is 3.28. The van der Waals surface area contributed by atoms with Gasteiger partial charge in [0.05, 0.1) is 6.04 Å². The zero-order valence-electron chi connectivity index (χ0n) is 10.9. The summed E-state index contributed by atoms with van der Waals surface area (Å²) in [6, 6.07) is 11.3. The zero-order valence-corrected chi connectivity index (χ0v) is 10.9. The highest BCUT2D eigenvalue weighted by Crippen LogP contribution is 2.18. The Hall–Kier alpha value is -2.43. The van der Waals surface area contributed by atoms with Crippen LogP contribution in [0.1, 0.15) is 18.5 Å². The van der Waals surface area contributed by atoms with Gasteiger partial charge in [-0.15, -0.1) is 0 Å². The third-order valence-corrected chi connectivity index (χ3v) is 3.00. The van der Waals surface area contributed by atoms with Gasteiger partial charge in [-0.2, -0.15) is 0 Å². The number of nitrogens with zero attached hydrogens (tertiary/aromatic N) is 3. The van der Waals surface area contributed by atoms with E-state index >= 15 is 0 Å². The molecule has 2 rings (SSSR count). The van der Waals surface area contributed by atoms with Crippen LogP contribution in [0.4, 0.5) is 10.6 Å². The van der Waals surface area contributed by atoms with Gasteiger partial charge in [0, 0.05) is 13.2 Å². The van der Waals surface area contributed by atoms with E-state index in [9.17, 15) is 4.79 Å². The summed E-state index contributed by atoms with van der Waals surface area (Å²) in [6.45, 7) is 1.98. The largest absolute Gasteiger partial charge is 0.323 e. The number of anilines is 1. The molecule has 0 unspecified atom stereocenters. The lowest BCUT2D eigenvalue weighted by Gasteiger charge is -2.25. The Kier molecular flexibility index (Phi) is 4.07. The van der Waals surface area contributed by atoms with Crippen molar-refractivity contribution in [3.8, 4) is 0 Å². The fourth-order valence-corrected chi connectivity index (χ4v) is 1.69. The van der Waals surface area contributed by atoms with E-state index in [0.29, 0.717) is 5.82 Å². The molecule has 0 aliphatic carbocycles. The van der Waals surface area contributed by atoms with E-state index in [0.717, 1.165) is 5.56 Å². The van der Waals surface area contributed by atoms with Crippen molar-refractivity contribution in [2.24, 2.45) is 0 Å². The Balaban J connectivity index is 2.03. The van der Waals surface area contributed by atoms with Gasteiger partial charge in [0.25, 0.3) is 0 Å². The van der Waals surface area contributed by atoms with Gasteiger partial charge in [-0.1, -0.05) is 30.3 Å². The minimum Gasteiger partial charge on any atom is -0.321 e. The van der Waals surface area contributed by atoms with E-state index < -0.39 is 0 Å². The second-order valence-corrected chi connectivity index (χ2v) is 4.22. The molecule has 5 nitrogen and oxygen atoms in total. The number of nitrogens with one attached hydrogen (secondary N) is 1. The van der Waals surface area contributed by atoms with Crippen LogP contribution in [0.3, 0.4) is 0 Å². The molecule has 0 radical (unpaired) electrons. The quantitative estimate of drug-likeness (QED) is 0.918. The number of rotatable bonds is 3. The Morgan fingerprint density at radius 1 is 1.26 bits per heavy atom. The van der Waals surface area contributed by atoms with Gasteiger partial charge in [0.2, 0.25) is 0 Å². The normalized spacial score (nSPS) is 11.7. The van der Waals surface area contributed by atoms with Crippen LogP contribution >= 0.6 is 0 Å². The summed E-state index contributed by atoms with van der Waals surface area (Å²) in [5, 5.41) is 2.73. The maximum absolute atomic E-state index is 12.1. The summed E-state index contributed by atoms with van der Waals surface area (Å²) in [5.41, 5.74) is 1.09. The van der Waals surface area contributed by atoms with Gasteiger partial charge in [-0.3, -0.25) is 5.32 Å². The standard InChI is InChI=1S/C14H16N4O/c1-11(12-6-4-3-5-7-12)18(2)14(19)17-13-8-9-15-10-16-13/h3-11H,1-2H3,(H,15,16,17,19)/t11-/m0/s1. The number of urea groups is 1. The number of aromatic nitrogens is 2. The summed E-state index contributed by atoms with van der Waals surface area (Å²) in [5.74, 6) is 0.493. The molecule has 0 aliphatic rings. The molecule has 0 aliphatic heterocycles.